The molecule has 1 N–H and O–H groups in total. The molecule has 31 heavy (non-hydrogen) atoms. The summed E-state index contributed by atoms with van der Waals surface area (Å²) in [5.41, 5.74) is -0.694. The highest BCUT2D eigenvalue weighted by molar-refractivity contribution is 8.00. The van der Waals surface area contributed by atoms with Gasteiger partial charge in [0.15, 0.2) is 5.16 Å². The highest BCUT2D eigenvalue weighted by Gasteiger charge is 2.36. The SMILES string of the molecule is Cc1nnc(SC(C(=O)Nc2ccc(Cl)cc2C(F)(F)F)c2ccccc2)n1C1CC1. The van der Waals surface area contributed by atoms with E-state index < -0.39 is 22.9 Å². The van der Waals surface area contributed by atoms with Gasteiger partial charge in [0, 0.05) is 11.1 Å². The van der Waals surface area contributed by atoms with E-state index in [1.807, 2.05) is 11.5 Å². The molecule has 1 atom stereocenters. The third-order valence-corrected chi connectivity index (χ3v) is 6.30. The normalized spacial score (nSPS) is 15.0. The number of hydrogen-bond donors (Lipinski definition) is 1. The summed E-state index contributed by atoms with van der Waals surface area (Å²) < 4.78 is 42.4. The number of benzene rings is 2. The molecule has 4 rings (SSSR count). The lowest BCUT2D eigenvalue weighted by Crippen LogP contribution is -2.22. The van der Waals surface area contributed by atoms with Gasteiger partial charge < -0.3 is 9.88 Å². The number of aryl methyl sites for hydroxylation is 1. The first-order chi connectivity index (χ1) is 14.7. The molecule has 1 aliphatic rings. The van der Waals surface area contributed by atoms with Crippen molar-refractivity contribution in [2.24, 2.45) is 0 Å². The van der Waals surface area contributed by atoms with Crippen molar-refractivity contribution in [2.45, 2.75) is 42.4 Å². The van der Waals surface area contributed by atoms with Gasteiger partial charge in [-0.1, -0.05) is 53.7 Å². The molecule has 1 fully saturated rings. The average Bonchev–Trinajstić information content (AvgIpc) is 3.49. The van der Waals surface area contributed by atoms with Gasteiger partial charge in [-0.2, -0.15) is 13.2 Å². The van der Waals surface area contributed by atoms with Crippen molar-refractivity contribution in [1.29, 1.82) is 0 Å². The number of carbonyl (C=O) groups excluding carboxylic acids is 1. The average molecular weight is 467 g/mol. The maximum atomic E-state index is 13.5. The number of carbonyl (C=O) groups is 1. The van der Waals surface area contributed by atoms with E-state index in [2.05, 4.69) is 15.5 Å². The van der Waals surface area contributed by atoms with Crippen molar-refractivity contribution < 1.29 is 18.0 Å². The monoisotopic (exact) mass is 466 g/mol. The van der Waals surface area contributed by atoms with Crippen LogP contribution in [0.4, 0.5) is 18.9 Å². The lowest BCUT2D eigenvalue weighted by atomic mass is 10.1. The van der Waals surface area contributed by atoms with E-state index in [-0.39, 0.29) is 10.7 Å². The van der Waals surface area contributed by atoms with Crippen LogP contribution in [0.25, 0.3) is 0 Å². The third-order valence-electron chi connectivity index (χ3n) is 4.86. The van der Waals surface area contributed by atoms with Crippen LogP contribution in [0.3, 0.4) is 0 Å². The van der Waals surface area contributed by atoms with E-state index in [1.165, 1.54) is 17.8 Å². The Morgan fingerprint density at radius 3 is 2.55 bits per heavy atom. The number of nitrogens with one attached hydrogen (secondary N) is 1. The first-order valence-electron chi connectivity index (χ1n) is 9.55. The van der Waals surface area contributed by atoms with Crippen molar-refractivity contribution in [2.75, 3.05) is 5.32 Å². The Bertz CT molecular complexity index is 1100. The van der Waals surface area contributed by atoms with Crippen molar-refractivity contribution >= 4 is 35.0 Å². The predicted molar refractivity (Wildman–Crippen MR) is 113 cm³/mol. The molecule has 1 heterocycles. The zero-order valence-electron chi connectivity index (χ0n) is 16.4. The number of aromatic nitrogens is 3. The maximum Gasteiger partial charge on any atom is 0.418 e. The minimum absolute atomic E-state index is 0.0627. The fourth-order valence-corrected chi connectivity index (χ4v) is 4.57. The summed E-state index contributed by atoms with van der Waals surface area (Å²) in [4.78, 5) is 13.2. The largest absolute Gasteiger partial charge is 0.418 e. The molecule has 10 heteroatoms. The van der Waals surface area contributed by atoms with Crippen molar-refractivity contribution in [3.63, 3.8) is 0 Å². The number of nitrogens with zero attached hydrogens (tertiary/aromatic N) is 3. The second-order valence-electron chi connectivity index (χ2n) is 7.22. The number of hydrogen-bond acceptors (Lipinski definition) is 4. The lowest BCUT2D eigenvalue weighted by molar-refractivity contribution is -0.137. The topological polar surface area (TPSA) is 59.8 Å². The Kier molecular flexibility index (Phi) is 5.98. The Morgan fingerprint density at radius 1 is 1.19 bits per heavy atom. The van der Waals surface area contributed by atoms with E-state index in [0.717, 1.165) is 30.8 Å². The lowest BCUT2D eigenvalue weighted by Gasteiger charge is -2.19. The molecule has 1 aromatic heterocycles. The fraction of sp³-hybridized carbons (Fsp3) is 0.286. The summed E-state index contributed by atoms with van der Waals surface area (Å²) in [6.07, 6.45) is -2.64. The summed E-state index contributed by atoms with van der Waals surface area (Å²) >= 11 is 6.92. The van der Waals surface area contributed by atoms with Gasteiger partial charge in [-0.25, -0.2) is 0 Å². The minimum Gasteiger partial charge on any atom is -0.324 e. The molecule has 162 valence electrons. The Hall–Kier alpha value is -2.52. The Morgan fingerprint density at radius 2 is 1.90 bits per heavy atom. The molecular weight excluding hydrogens is 449 g/mol. The van der Waals surface area contributed by atoms with Crippen LogP contribution in [-0.4, -0.2) is 20.7 Å². The number of amides is 1. The first-order valence-corrected chi connectivity index (χ1v) is 10.8. The highest BCUT2D eigenvalue weighted by atomic mass is 35.5. The van der Waals surface area contributed by atoms with Crippen LogP contribution in [0.1, 0.15) is 41.1 Å². The van der Waals surface area contributed by atoms with E-state index in [9.17, 15) is 18.0 Å². The van der Waals surface area contributed by atoms with Crippen molar-refractivity contribution in [1.82, 2.24) is 14.8 Å². The van der Waals surface area contributed by atoms with Crippen LogP contribution in [0.15, 0.2) is 53.7 Å². The smallest absolute Gasteiger partial charge is 0.324 e. The second kappa shape index (κ2) is 8.55. The fourth-order valence-electron chi connectivity index (χ4n) is 3.25. The van der Waals surface area contributed by atoms with Crippen molar-refractivity contribution in [3.05, 3.63) is 70.5 Å². The van der Waals surface area contributed by atoms with Crippen molar-refractivity contribution in [3.8, 4) is 0 Å². The molecule has 0 bridgehead atoms. The predicted octanol–water partition coefficient (Wildman–Crippen LogP) is 6.07. The Balaban J connectivity index is 1.67. The molecule has 0 aliphatic heterocycles. The zero-order valence-corrected chi connectivity index (χ0v) is 17.9. The minimum atomic E-state index is -4.66. The molecule has 5 nitrogen and oxygen atoms in total. The number of alkyl halides is 3. The van der Waals surface area contributed by atoms with Gasteiger partial charge in [0.25, 0.3) is 0 Å². The summed E-state index contributed by atoms with van der Waals surface area (Å²) in [5, 5.41) is 10.4. The maximum absolute atomic E-state index is 13.5. The molecule has 1 amide bonds. The van der Waals surface area contributed by atoms with Crippen LogP contribution in [0.2, 0.25) is 5.02 Å². The molecule has 3 aromatic rings. The van der Waals surface area contributed by atoms with Gasteiger partial charge in [0.1, 0.15) is 11.1 Å². The summed E-state index contributed by atoms with van der Waals surface area (Å²) in [6.45, 7) is 1.84. The Labute approximate surface area is 186 Å². The van der Waals surface area contributed by atoms with Gasteiger partial charge in [-0.05, 0) is 43.5 Å². The van der Waals surface area contributed by atoms with E-state index >= 15 is 0 Å². The highest BCUT2D eigenvalue weighted by Crippen LogP contribution is 2.43. The van der Waals surface area contributed by atoms with E-state index in [0.29, 0.717) is 16.8 Å². The molecular formula is C21H18ClF3N4OS. The van der Waals surface area contributed by atoms with Crippen LogP contribution in [0.5, 0.6) is 0 Å². The number of halogens is 4. The van der Waals surface area contributed by atoms with Gasteiger partial charge in [0.05, 0.1) is 11.3 Å². The third kappa shape index (κ3) is 4.88. The van der Waals surface area contributed by atoms with E-state index in [1.54, 1.807) is 30.3 Å². The number of thioether (sulfide) groups is 1. The quantitative estimate of drug-likeness (QED) is 0.448. The molecule has 0 radical (unpaired) electrons. The van der Waals surface area contributed by atoms with Gasteiger partial charge >= 0.3 is 6.18 Å². The number of anilines is 1. The molecule has 2 aromatic carbocycles. The van der Waals surface area contributed by atoms with Gasteiger partial charge in [-0.15, -0.1) is 10.2 Å². The van der Waals surface area contributed by atoms with Crippen LogP contribution < -0.4 is 5.32 Å². The standard InChI is InChI=1S/C21H18ClF3N4OS/c1-12-27-28-20(29(12)15-8-9-15)31-18(13-5-3-2-4-6-13)19(30)26-17-10-7-14(22)11-16(17)21(23,24)25/h2-7,10-11,15,18H,8-9H2,1H3,(H,26,30). The molecule has 1 unspecified atom stereocenters. The first kappa shape index (κ1) is 21.7. The van der Waals surface area contributed by atoms with Gasteiger partial charge in [-0.3, -0.25) is 4.79 Å². The van der Waals surface area contributed by atoms with Gasteiger partial charge in [0.2, 0.25) is 5.91 Å². The van der Waals surface area contributed by atoms with E-state index in [4.69, 9.17) is 11.6 Å². The number of rotatable bonds is 6. The van der Waals surface area contributed by atoms with Crippen LogP contribution >= 0.6 is 23.4 Å². The zero-order chi connectivity index (χ0) is 22.2. The summed E-state index contributed by atoms with van der Waals surface area (Å²) in [5.74, 6) is 0.154. The molecule has 1 aliphatic carbocycles. The van der Waals surface area contributed by atoms with Crippen LogP contribution in [-0.2, 0) is 11.0 Å². The summed E-state index contributed by atoms with van der Waals surface area (Å²) in [7, 11) is 0. The molecule has 0 saturated heterocycles. The molecule has 0 spiro atoms. The summed E-state index contributed by atoms with van der Waals surface area (Å²) in [6, 6.07) is 12.4. The molecule has 1 saturated carbocycles. The second-order valence-corrected chi connectivity index (χ2v) is 8.73. The van der Waals surface area contributed by atoms with Crippen LogP contribution in [0, 0.1) is 6.92 Å².